The maximum absolute atomic E-state index is 3.53. The molecular formula is C17H20BrNS. The van der Waals surface area contributed by atoms with Crippen LogP contribution >= 0.6 is 27.3 Å². The molecule has 3 heteroatoms. The van der Waals surface area contributed by atoms with E-state index in [9.17, 15) is 0 Å². The molecule has 1 aromatic carbocycles. The van der Waals surface area contributed by atoms with Crippen LogP contribution in [0.3, 0.4) is 0 Å². The summed E-state index contributed by atoms with van der Waals surface area (Å²) in [6.45, 7) is 6.42. The van der Waals surface area contributed by atoms with Gasteiger partial charge < -0.3 is 5.32 Å². The fourth-order valence-electron chi connectivity index (χ4n) is 1.98. The number of hydrogen-bond acceptors (Lipinski definition) is 2. The van der Waals surface area contributed by atoms with Crippen LogP contribution in [-0.2, 0) is 0 Å². The van der Waals surface area contributed by atoms with E-state index in [0.717, 1.165) is 17.6 Å². The average Bonchev–Trinajstić information content (AvgIpc) is 2.87. The molecule has 106 valence electrons. The molecule has 0 aliphatic rings. The van der Waals surface area contributed by atoms with Crippen molar-refractivity contribution in [1.29, 1.82) is 0 Å². The van der Waals surface area contributed by atoms with Crippen LogP contribution in [0.25, 0.3) is 16.5 Å². The molecule has 1 aromatic heterocycles. The highest BCUT2D eigenvalue weighted by molar-refractivity contribution is 9.10. The zero-order valence-corrected chi connectivity index (χ0v) is 14.4. The van der Waals surface area contributed by atoms with Gasteiger partial charge in [0.1, 0.15) is 0 Å². The standard InChI is InChI=1S/C17H20BrNS/c1-3-9-19-12-13(2)10-16-7-8-17(20-16)14-5-4-6-15(18)11-14/h4-8,10-11,19H,3,9,12H2,1-2H3. The molecular weight excluding hydrogens is 330 g/mol. The molecule has 0 spiro atoms. The van der Waals surface area contributed by atoms with Gasteiger partial charge in [-0.15, -0.1) is 11.3 Å². The Morgan fingerprint density at radius 3 is 2.90 bits per heavy atom. The second-order valence-electron chi connectivity index (χ2n) is 4.88. The normalized spacial score (nSPS) is 11.8. The highest BCUT2D eigenvalue weighted by Crippen LogP contribution is 2.30. The third-order valence-electron chi connectivity index (χ3n) is 2.96. The average molecular weight is 350 g/mol. The van der Waals surface area contributed by atoms with Crippen LogP contribution in [0.5, 0.6) is 0 Å². The van der Waals surface area contributed by atoms with Gasteiger partial charge in [-0.25, -0.2) is 0 Å². The van der Waals surface area contributed by atoms with Crippen molar-refractivity contribution in [2.75, 3.05) is 13.1 Å². The van der Waals surface area contributed by atoms with Gasteiger partial charge in [-0.1, -0.05) is 40.6 Å². The molecule has 0 fully saturated rings. The first-order chi connectivity index (χ1) is 9.69. The van der Waals surface area contributed by atoms with Crippen molar-refractivity contribution in [3.05, 3.63) is 51.3 Å². The Balaban J connectivity index is 2.07. The van der Waals surface area contributed by atoms with Crippen LogP contribution in [0.4, 0.5) is 0 Å². The van der Waals surface area contributed by atoms with Crippen molar-refractivity contribution in [1.82, 2.24) is 5.32 Å². The molecule has 2 aromatic rings. The number of rotatable bonds is 6. The SMILES string of the molecule is CCCNCC(C)=Cc1ccc(-c2cccc(Br)c2)s1. The molecule has 0 aliphatic carbocycles. The first-order valence-corrected chi connectivity index (χ1v) is 8.53. The largest absolute Gasteiger partial charge is 0.313 e. The van der Waals surface area contributed by atoms with Gasteiger partial charge in [0.25, 0.3) is 0 Å². The maximum atomic E-state index is 3.53. The van der Waals surface area contributed by atoms with Crippen molar-refractivity contribution >= 4 is 33.3 Å². The fraction of sp³-hybridized carbons (Fsp3) is 0.294. The van der Waals surface area contributed by atoms with Crippen molar-refractivity contribution in [2.45, 2.75) is 20.3 Å². The van der Waals surface area contributed by atoms with Gasteiger partial charge in [0.15, 0.2) is 0 Å². The maximum Gasteiger partial charge on any atom is 0.0349 e. The first kappa shape index (κ1) is 15.5. The molecule has 2 rings (SSSR count). The molecule has 0 bridgehead atoms. The van der Waals surface area contributed by atoms with E-state index in [-0.39, 0.29) is 0 Å². The third-order valence-corrected chi connectivity index (χ3v) is 4.53. The van der Waals surface area contributed by atoms with E-state index in [1.807, 2.05) is 11.3 Å². The topological polar surface area (TPSA) is 12.0 Å². The van der Waals surface area contributed by atoms with Crippen LogP contribution < -0.4 is 5.32 Å². The summed E-state index contributed by atoms with van der Waals surface area (Å²) in [5.41, 5.74) is 2.65. The van der Waals surface area contributed by atoms with Crippen molar-refractivity contribution in [3.8, 4) is 10.4 Å². The second kappa shape index (κ2) is 7.77. The van der Waals surface area contributed by atoms with Gasteiger partial charge in [0.05, 0.1) is 0 Å². The molecule has 1 N–H and O–H groups in total. The molecule has 20 heavy (non-hydrogen) atoms. The quantitative estimate of drug-likeness (QED) is 0.671. The summed E-state index contributed by atoms with van der Waals surface area (Å²) in [4.78, 5) is 2.63. The van der Waals surface area contributed by atoms with Crippen molar-refractivity contribution in [3.63, 3.8) is 0 Å². The minimum atomic E-state index is 0.970. The number of halogens is 1. The van der Waals surface area contributed by atoms with Gasteiger partial charge >= 0.3 is 0 Å². The zero-order valence-electron chi connectivity index (χ0n) is 11.9. The van der Waals surface area contributed by atoms with Gasteiger partial charge in [-0.2, -0.15) is 0 Å². The summed E-state index contributed by atoms with van der Waals surface area (Å²) in [5.74, 6) is 0. The Morgan fingerprint density at radius 1 is 1.30 bits per heavy atom. The van der Waals surface area contributed by atoms with E-state index in [0.29, 0.717) is 0 Å². The summed E-state index contributed by atoms with van der Waals surface area (Å²) in [6, 6.07) is 12.8. The molecule has 0 saturated carbocycles. The van der Waals surface area contributed by atoms with E-state index in [1.165, 1.54) is 27.3 Å². The Morgan fingerprint density at radius 2 is 2.15 bits per heavy atom. The van der Waals surface area contributed by atoms with E-state index in [4.69, 9.17) is 0 Å². The monoisotopic (exact) mass is 349 g/mol. The van der Waals surface area contributed by atoms with Crippen LogP contribution in [0, 0.1) is 0 Å². The molecule has 0 radical (unpaired) electrons. The molecule has 0 amide bonds. The smallest absolute Gasteiger partial charge is 0.0349 e. The van der Waals surface area contributed by atoms with Crippen LogP contribution in [0.1, 0.15) is 25.1 Å². The van der Waals surface area contributed by atoms with Crippen LogP contribution in [-0.4, -0.2) is 13.1 Å². The summed E-state index contributed by atoms with van der Waals surface area (Å²) < 4.78 is 1.13. The van der Waals surface area contributed by atoms with E-state index in [1.54, 1.807) is 0 Å². The molecule has 1 nitrogen and oxygen atoms in total. The lowest BCUT2D eigenvalue weighted by Crippen LogP contribution is -2.16. The lowest BCUT2D eigenvalue weighted by atomic mass is 10.2. The van der Waals surface area contributed by atoms with Crippen LogP contribution in [0.15, 0.2) is 46.4 Å². The number of benzene rings is 1. The summed E-state index contributed by atoms with van der Waals surface area (Å²) in [5, 5.41) is 3.43. The molecule has 0 atom stereocenters. The minimum Gasteiger partial charge on any atom is -0.313 e. The number of thiophene rings is 1. The molecule has 0 unspecified atom stereocenters. The minimum absolute atomic E-state index is 0.970. The predicted octanol–water partition coefficient (Wildman–Crippen LogP) is 5.58. The Bertz CT molecular complexity index is 586. The first-order valence-electron chi connectivity index (χ1n) is 6.92. The molecule has 0 saturated heterocycles. The zero-order chi connectivity index (χ0) is 14.4. The number of hydrogen-bond donors (Lipinski definition) is 1. The highest BCUT2D eigenvalue weighted by atomic mass is 79.9. The van der Waals surface area contributed by atoms with Gasteiger partial charge in [-0.05, 0) is 55.8 Å². The summed E-state index contributed by atoms with van der Waals surface area (Å²) in [6.07, 6.45) is 3.45. The Labute approximate surface area is 133 Å². The number of nitrogens with one attached hydrogen (secondary N) is 1. The Kier molecular flexibility index (Phi) is 6.02. The fourth-order valence-corrected chi connectivity index (χ4v) is 3.41. The predicted molar refractivity (Wildman–Crippen MR) is 94.3 cm³/mol. The van der Waals surface area contributed by atoms with E-state index in [2.05, 4.69) is 77.6 Å². The second-order valence-corrected chi connectivity index (χ2v) is 6.91. The van der Waals surface area contributed by atoms with Gasteiger partial charge in [-0.3, -0.25) is 0 Å². The van der Waals surface area contributed by atoms with Gasteiger partial charge in [0.2, 0.25) is 0 Å². The summed E-state index contributed by atoms with van der Waals surface area (Å²) in [7, 11) is 0. The molecule has 1 heterocycles. The van der Waals surface area contributed by atoms with Crippen molar-refractivity contribution in [2.24, 2.45) is 0 Å². The van der Waals surface area contributed by atoms with E-state index < -0.39 is 0 Å². The highest BCUT2D eigenvalue weighted by Gasteiger charge is 2.02. The lowest BCUT2D eigenvalue weighted by molar-refractivity contribution is 0.715. The summed E-state index contributed by atoms with van der Waals surface area (Å²) >= 11 is 5.36. The van der Waals surface area contributed by atoms with E-state index >= 15 is 0 Å². The van der Waals surface area contributed by atoms with Crippen LogP contribution in [0.2, 0.25) is 0 Å². The third kappa shape index (κ3) is 4.58. The molecule has 0 aliphatic heterocycles. The Hall–Kier alpha value is -0.900. The van der Waals surface area contributed by atoms with Crippen molar-refractivity contribution < 1.29 is 0 Å². The lowest BCUT2D eigenvalue weighted by Gasteiger charge is -2.02. The van der Waals surface area contributed by atoms with Gasteiger partial charge in [0, 0.05) is 20.8 Å².